The Bertz CT molecular complexity index is 1820. The molecule has 0 bridgehead atoms. The molecule has 0 aliphatic carbocycles. The number of aromatic nitrogens is 1. The average Bonchev–Trinajstić information content (AvgIpc) is 3.56. The van der Waals surface area contributed by atoms with E-state index < -0.39 is 4.92 Å². The second-order valence-corrected chi connectivity index (χ2v) is 9.29. The number of fused-ring (bicyclic) bond motifs is 1. The lowest BCUT2D eigenvalue weighted by molar-refractivity contribution is -0.384. The maximum Gasteiger partial charge on any atom is 0.294 e. The Balaban J connectivity index is 1.44. The summed E-state index contributed by atoms with van der Waals surface area (Å²) < 4.78 is 7.76. The average molecular weight is 517 g/mol. The lowest BCUT2D eigenvalue weighted by Crippen LogP contribution is -2.11. The number of furan rings is 1. The van der Waals surface area contributed by atoms with Crippen molar-refractivity contribution in [2.45, 2.75) is 0 Å². The minimum Gasteiger partial charge on any atom is -0.454 e. The largest absolute Gasteiger partial charge is 0.454 e. The number of rotatable bonds is 6. The van der Waals surface area contributed by atoms with Crippen LogP contribution >= 0.6 is 11.3 Å². The molecule has 0 fully saturated rings. The van der Waals surface area contributed by atoms with E-state index in [0.717, 1.165) is 27.7 Å². The molecule has 6 rings (SSSR count). The van der Waals surface area contributed by atoms with E-state index in [4.69, 9.17) is 9.52 Å². The zero-order valence-electron chi connectivity index (χ0n) is 20.0. The summed E-state index contributed by atoms with van der Waals surface area (Å²) in [5.41, 5.74) is 4.79. The smallest absolute Gasteiger partial charge is 0.294 e. The van der Waals surface area contributed by atoms with Gasteiger partial charge in [-0.05, 0) is 34.9 Å². The Labute approximate surface area is 221 Å². The third-order valence-corrected chi connectivity index (χ3v) is 6.81. The van der Waals surface area contributed by atoms with Gasteiger partial charge >= 0.3 is 0 Å². The van der Waals surface area contributed by atoms with Crippen LogP contribution in [0.4, 0.5) is 11.4 Å². The van der Waals surface area contributed by atoms with Crippen LogP contribution in [0, 0.1) is 10.1 Å². The van der Waals surface area contributed by atoms with Gasteiger partial charge < -0.3 is 4.42 Å². The second kappa shape index (κ2) is 10.1. The van der Waals surface area contributed by atoms with Crippen molar-refractivity contribution in [1.82, 2.24) is 4.68 Å². The Hall–Kier alpha value is -5.08. The zero-order chi connectivity index (χ0) is 25.9. The number of nitro groups is 1. The van der Waals surface area contributed by atoms with Crippen LogP contribution in [0.3, 0.4) is 0 Å². The van der Waals surface area contributed by atoms with Crippen LogP contribution in [0.5, 0.6) is 0 Å². The molecule has 0 amide bonds. The number of hydrogen-bond donors (Lipinski definition) is 0. The van der Waals surface area contributed by atoms with Crippen LogP contribution in [0.1, 0.15) is 5.56 Å². The monoisotopic (exact) mass is 516 g/mol. The minimum atomic E-state index is -0.436. The molecule has 0 saturated heterocycles. The molecular formula is C30H20N4O3S. The van der Waals surface area contributed by atoms with Crippen molar-refractivity contribution in [3.8, 4) is 22.6 Å². The molecule has 0 aliphatic heterocycles. The quantitative estimate of drug-likeness (QED) is 0.129. The zero-order valence-corrected chi connectivity index (χ0v) is 20.8. The fourth-order valence-corrected chi connectivity index (χ4v) is 4.93. The van der Waals surface area contributed by atoms with E-state index in [1.807, 2.05) is 78.2 Å². The molecule has 0 radical (unpaired) electrons. The van der Waals surface area contributed by atoms with Crippen molar-refractivity contribution < 1.29 is 9.34 Å². The SMILES string of the molecule is O=[N+]([O-])c1ccccc1N=c1scc(-c2cc3ccccc3o2)n1N=Cc1ccc(-c2ccccc2)cc1. The molecule has 8 heteroatoms. The summed E-state index contributed by atoms with van der Waals surface area (Å²) in [6.07, 6.45) is 1.74. The summed E-state index contributed by atoms with van der Waals surface area (Å²) in [4.78, 5) is 16.2. The Morgan fingerprint density at radius 2 is 1.55 bits per heavy atom. The molecule has 0 saturated carbocycles. The maximum absolute atomic E-state index is 11.6. The third kappa shape index (κ3) is 4.68. The first-order valence-corrected chi connectivity index (χ1v) is 12.7. The maximum atomic E-state index is 11.6. The van der Waals surface area contributed by atoms with Gasteiger partial charge in [-0.25, -0.2) is 9.67 Å². The van der Waals surface area contributed by atoms with E-state index in [1.165, 1.54) is 17.4 Å². The van der Waals surface area contributed by atoms with E-state index in [0.29, 0.717) is 16.3 Å². The van der Waals surface area contributed by atoms with E-state index in [1.54, 1.807) is 29.1 Å². The fraction of sp³-hybridized carbons (Fsp3) is 0. The Morgan fingerprint density at radius 3 is 2.34 bits per heavy atom. The normalized spacial score (nSPS) is 11.9. The molecule has 0 atom stereocenters. The highest BCUT2D eigenvalue weighted by Gasteiger charge is 2.15. The van der Waals surface area contributed by atoms with E-state index in [2.05, 4.69) is 17.1 Å². The lowest BCUT2D eigenvalue weighted by atomic mass is 10.0. The van der Waals surface area contributed by atoms with Crippen LogP contribution in [0.2, 0.25) is 0 Å². The molecule has 0 N–H and O–H groups in total. The predicted octanol–water partition coefficient (Wildman–Crippen LogP) is 7.65. The molecule has 184 valence electrons. The van der Waals surface area contributed by atoms with Crippen molar-refractivity contribution >= 4 is 39.9 Å². The van der Waals surface area contributed by atoms with Crippen LogP contribution < -0.4 is 4.80 Å². The van der Waals surface area contributed by atoms with E-state index in [-0.39, 0.29) is 11.4 Å². The van der Waals surface area contributed by atoms with Crippen molar-refractivity contribution in [1.29, 1.82) is 0 Å². The van der Waals surface area contributed by atoms with Gasteiger partial charge in [-0.2, -0.15) is 5.10 Å². The van der Waals surface area contributed by atoms with Gasteiger partial charge in [0.15, 0.2) is 5.76 Å². The topological polar surface area (TPSA) is 85.9 Å². The van der Waals surface area contributed by atoms with Gasteiger partial charge in [0.25, 0.3) is 5.69 Å². The molecule has 2 aromatic heterocycles. The fourth-order valence-electron chi connectivity index (χ4n) is 4.10. The third-order valence-electron chi connectivity index (χ3n) is 6.00. The number of para-hydroxylation sites is 3. The Morgan fingerprint density at radius 1 is 0.842 bits per heavy atom. The van der Waals surface area contributed by atoms with Crippen LogP contribution in [0.25, 0.3) is 33.6 Å². The molecule has 7 nitrogen and oxygen atoms in total. The van der Waals surface area contributed by atoms with Crippen LogP contribution in [-0.4, -0.2) is 15.8 Å². The van der Waals surface area contributed by atoms with Crippen LogP contribution in [0.15, 0.2) is 129 Å². The van der Waals surface area contributed by atoms with Gasteiger partial charge in [0.05, 0.1) is 11.1 Å². The summed E-state index contributed by atoms with van der Waals surface area (Å²) in [6.45, 7) is 0. The lowest BCUT2D eigenvalue weighted by Gasteiger charge is -2.03. The van der Waals surface area contributed by atoms with Crippen molar-refractivity contribution in [3.05, 3.63) is 135 Å². The van der Waals surface area contributed by atoms with Crippen molar-refractivity contribution in [3.63, 3.8) is 0 Å². The molecule has 38 heavy (non-hydrogen) atoms. The highest BCUT2D eigenvalue weighted by atomic mass is 32.1. The molecule has 2 heterocycles. The first kappa shape index (κ1) is 23.3. The first-order valence-electron chi connectivity index (χ1n) is 11.8. The highest BCUT2D eigenvalue weighted by Crippen LogP contribution is 2.30. The standard InChI is InChI=1S/C30H20N4O3S/c35-34(36)26-12-6-5-11-25(26)32-30-33(27(20-38-30)29-18-24-10-4-7-13-28(24)37-29)31-19-21-14-16-23(17-15-21)22-8-2-1-3-9-22/h1-20H. The number of nitrogens with zero attached hydrogens (tertiary/aromatic N) is 4. The second-order valence-electron chi connectivity index (χ2n) is 8.45. The molecular weight excluding hydrogens is 496 g/mol. The van der Waals surface area contributed by atoms with Crippen molar-refractivity contribution in [2.75, 3.05) is 0 Å². The van der Waals surface area contributed by atoms with E-state index in [9.17, 15) is 10.1 Å². The summed E-state index contributed by atoms with van der Waals surface area (Å²) in [6, 6.07) is 34.4. The highest BCUT2D eigenvalue weighted by molar-refractivity contribution is 7.07. The van der Waals surface area contributed by atoms with Gasteiger partial charge in [-0.1, -0.05) is 84.9 Å². The van der Waals surface area contributed by atoms with Gasteiger partial charge in [0, 0.05) is 16.8 Å². The Kier molecular flexibility index (Phi) is 6.21. The predicted molar refractivity (Wildman–Crippen MR) is 151 cm³/mol. The van der Waals surface area contributed by atoms with Gasteiger partial charge in [0.1, 0.15) is 17.0 Å². The van der Waals surface area contributed by atoms with Gasteiger partial charge in [-0.3, -0.25) is 10.1 Å². The molecule has 6 aromatic rings. The number of benzene rings is 4. The summed E-state index contributed by atoms with van der Waals surface area (Å²) in [5, 5.41) is 19.2. The molecule has 0 aliphatic rings. The molecule has 0 spiro atoms. The number of hydrogen-bond acceptors (Lipinski definition) is 6. The molecule has 4 aromatic carbocycles. The van der Waals surface area contributed by atoms with Gasteiger partial charge in [0.2, 0.25) is 4.80 Å². The molecule has 0 unspecified atom stereocenters. The first-order chi connectivity index (χ1) is 18.7. The van der Waals surface area contributed by atoms with E-state index >= 15 is 0 Å². The summed E-state index contributed by atoms with van der Waals surface area (Å²) in [7, 11) is 0. The van der Waals surface area contributed by atoms with Crippen molar-refractivity contribution in [2.24, 2.45) is 10.1 Å². The summed E-state index contributed by atoms with van der Waals surface area (Å²) >= 11 is 1.33. The van der Waals surface area contributed by atoms with Crippen LogP contribution in [-0.2, 0) is 0 Å². The number of thiazole rings is 1. The minimum absolute atomic E-state index is 0.0711. The van der Waals surface area contributed by atoms with Gasteiger partial charge in [-0.15, -0.1) is 11.3 Å². The summed E-state index contributed by atoms with van der Waals surface area (Å²) in [5.74, 6) is 0.628. The number of nitro benzene ring substituents is 1.